The average molecular weight is 244 g/mol. The summed E-state index contributed by atoms with van der Waals surface area (Å²) in [5, 5.41) is 10.2. The Morgan fingerprint density at radius 2 is 1.94 bits per heavy atom. The fraction of sp³-hybridized carbons (Fsp3) is 1.00. The molecule has 0 aromatic heterocycles. The topological polar surface area (TPSA) is 42.0 Å². The zero-order valence-electron chi connectivity index (χ0n) is 11.3. The van der Waals surface area contributed by atoms with Crippen molar-refractivity contribution >= 4 is 8.32 Å². The summed E-state index contributed by atoms with van der Waals surface area (Å²) < 4.78 is 12.0. The molecule has 0 amide bonds. The normalized spacial score (nSPS) is 43.3. The van der Waals surface area contributed by atoms with E-state index in [-0.39, 0.29) is 10.6 Å². The number of fused-ring (bicyclic) bond motifs is 1. The van der Waals surface area contributed by atoms with Crippen molar-refractivity contribution in [2.45, 2.75) is 76.2 Å². The van der Waals surface area contributed by atoms with Gasteiger partial charge in [0.1, 0.15) is 11.7 Å². The van der Waals surface area contributed by atoms with Crippen molar-refractivity contribution in [1.82, 2.24) is 0 Å². The molecule has 1 heterocycles. The van der Waals surface area contributed by atoms with Gasteiger partial charge in [-0.1, -0.05) is 20.8 Å². The maximum absolute atomic E-state index is 10.1. The molecule has 1 saturated heterocycles. The zero-order chi connectivity index (χ0) is 12.4. The van der Waals surface area contributed by atoms with E-state index in [1.54, 1.807) is 0 Å². The molecule has 94 valence electrons. The first kappa shape index (κ1) is 12.6. The summed E-state index contributed by atoms with van der Waals surface area (Å²) in [7, 11) is -1.87. The molecule has 2 fully saturated rings. The van der Waals surface area contributed by atoms with Gasteiger partial charge in [-0.25, -0.2) is 0 Å². The van der Waals surface area contributed by atoms with Crippen LogP contribution in [0, 0.1) is 0 Å². The molecule has 1 N–H and O–H groups in total. The van der Waals surface area contributed by atoms with E-state index in [0.29, 0.717) is 0 Å². The van der Waals surface area contributed by atoms with Gasteiger partial charge in [-0.3, -0.25) is 0 Å². The lowest BCUT2D eigenvalue weighted by molar-refractivity contribution is -0.0598. The number of epoxide rings is 1. The maximum Gasteiger partial charge on any atom is 0.215 e. The van der Waals surface area contributed by atoms with Crippen molar-refractivity contribution in [2.24, 2.45) is 0 Å². The monoisotopic (exact) mass is 244 g/mol. The van der Waals surface area contributed by atoms with Crippen LogP contribution in [0.1, 0.15) is 40.5 Å². The SMILES string of the molecule is CC(C)(C)[Si](C)(C)O[C@@]12O[C@]1(C)CC[C@@H]2O. The van der Waals surface area contributed by atoms with Gasteiger partial charge in [0.05, 0.1) is 0 Å². The number of aliphatic hydroxyl groups is 1. The summed E-state index contributed by atoms with van der Waals surface area (Å²) >= 11 is 0. The molecule has 3 atom stereocenters. The Kier molecular flexibility index (Phi) is 2.43. The Bertz CT molecular complexity index is 310. The van der Waals surface area contributed by atoms with Crippen molar-refractivity contribution in [3.05, 3.63) is 0 Å². The van der Waals surface area contributed by atoms with E-state index in [0.717, 1.165) is 12.8 Å². The molecule has 3 nitrogen and oxygen atoms in total. The minimum Gasteiger partial charge on any atom is -0.387 e. The molecule has 0 aromatic rings. The van der Waals surface area contributed by atoms with Crippen LogP contribution in [0.2, 0.25) is 18.1 Å². The first-order chi connectivity index (χ1) is 7.04. The second-order valence-electron chi connectivity index (χ2n) is 6.92. The third-order valence-electron chi connectivity index (χ3n) is 4.62. The smallest absolute Gasteiger partial charge is 0.215 e. The van der Waals surface area contributed by atoms with Crippen molar-refractivity contribution in [2.75, 3.05) is 0 Å². The average Bonchev–Trinajstić information content (AvgIpc) is 2.58. The Morgan fingerprint density at radius 1 is 1.38 bits per heavy atom. The highest BCUT2D eigenvalue weighted by Gasteiger charge is 2.77. The summed E-state index contributed by atoms with van der Waals surface area (Å²) in [6, 6.07) is 0. The summed E-state index contributed by atoms with van der Waals surface area (Å²) in [6.45, 7) is 13.1. The standard InChI is InChI=1S/C12H24O3Si/c1-10(2,3)16(5,6)15-12-9(13)7-8-11(12,4)14-12/h9,13H,7-8H2,1-6H3/t9-,11+,12+/m0/s1. The summed E-state index contributed by atoms with van der Waals surface area (Å²) in [5.74, 6) is -0.685. The van der Waals surface area contributed by atoms with Crippen molar-refractivity contribution in [3.8, 4) is 0 Å². The number of hydrogen-bond donors (Lipinski definition) is 1. The largest absolute Gasteiger partial charge is 0.387 e. The Hall–Kier alpha value is 0.0969. The van der Waals surface area contributed by atoms with Gasteiger partial charge in [0.25, 0.3) is 0 Å². The van der Waals surface area contributed by atoms with E-state index in [1.807, 2.05) is 0 Å². The zero-order valence-corrected chi connectivity index (χ0v) is 12.3. The van der Waals surface area contributed by atoms with Crippen LogP contribution in [0.4, 0.5) is 0 Å². The first-order valence-electron chi connectivity index (χ1n) is 6.13. The van der Waals surface area contributed by atoms with E-state index in [4.69, 9.17) is 9.16 Å². The minimum atomic E-state index is -1.87. The third kappa shape index (κ3) is 1.50. The van der Waals surface area contributed by atoms with Crippen LogP contribution in [0.3, 0.4) is 0 Å². The lowest BCUT2D eigenvalue weighted by Gasteiger charge is -2.39. The Balaban J connectivity index is 2.18. The molecular weight excluding hydrogens is 220 g/mol. The fourth-order valence-electron chi connectivity index (χ4n) is 2.29. The molecule has 2 aliphatic rings. The molecular formula is C12H24O3Si. The number of ether oxygens (including phenoxy) is 1. The second-order valence-corrected chi connectivity index (χ2v) is 11.6. The van der Waals surface area contributed by atoms with E-state index < -0.39 is 20.2 Å². The van der Waals surface area contributed by atoms with E-state index in [1.165, 1.54) is 0 Å². The quantitative estimate of drug-likeness (QED) is 0.600. The Labute approximate surface area is 99.3 Å². The number of hydrogen-bond acceptors (Lipinski definition) is 3. The second kappa shape index (κ2) is 3.10. The molecule has 1 aliphatic heterocycles. The predicted octanol–water partition coefficient (Wildman–Crippen LogP) is 2.65. The summed E-state index contributed by atoms with van der Waals surface area (Å²) in [5.41, 5.74) is -0.234. The van der Waals surface area contributed by atoms with Gasteiger partial charge >= 0.3 is 0 Å². The maximum atomic E-state index is 10.1. The highest BCUT2D eigenvalue weighted by atomic mass is 28.4. The van der Waals surface area contributed by atoms with Crippen LogP contribution in [0.25, 0.3) is 0 Å². The first-order valence-corrected chi connectivity index (χ1v) is 9.03. The Morgan fingerprint density at radius 3 is 2.25 bits per heavy atom. The van der Waals surface area contributed by atoms with Crippen LogP contribution in [0.15, 0.2) is 0 Å². The summed E-state index contributed by atoms with van der Waals surface area (Å²) in [4.78, 5) is 0. The van der Waals surface area contributed by atoms with E-state index in [9.17, 15) is 5.11 Å². The molecule has 4 heteroatoms. The molecule has 1 aliphatic carbocycles. The van der Waals surface area contributed by atoms with E-state index in [2.05, 4.69) is 40.8 Å². The number of rotatable bonds is 2. The molecule has 0 radical (unpaired) electrons. The number of aliphatic hydroxyl groups excluding tert-OH is 1. The van der Waals surface area contributed by atoms with Crippen LogP contribution < -0.4 is 0 Å². The van der Waals surface area contributed by atoms with Gasteiger partial charge in [0.2, 0.25) is 5.79 Å². The molecule has 1 saturated carbocycles. The van der Waals surface area contributed by atoms with Gasteiger partial charge < -0.3 is 14.3 Å². The summed E-state index contributed by atoms with van der Waals surface area (Å²) in [6.07, 6.45) is 1.25. The predicted molar refractivity (Wildman–Crippen MR) is 65.7 cm³/mol. The highest BCUT2D eigenvalue weighted by Crippen LogP contribution is 2.62. The molecule has 0 spiro atoms. The van der Waals surface area contributed by atoms with Gasteiger partial charge in [0, 0.05) is 0 Å². The highest BCUT2D eigenvalue weighted by molar-refractivity contribution is 6.74. The third-order valence-corrected chi connectivity index (χ3v) is 9.04. The van der Waals surface area contributed by atoms with Gasteiger partial charge in [-0.2, -0.15) is 0 Å². The van der Waals surface area contributed by atoms with E-state index >= 15 is 0 Å². The van der Waals surface area contributed by atoms with Crippen LogP contribution in [0.5, 0.6) is 0 Å². The van der Waals surface area contributed by atoms with Crippen molar-refractivity contribution in [3.63, 3.8) is 0 Å². The van der Waals surface area contributed by atoms with Crippen LogP contribution in [-0.4, -0.2) is 30.9 Å². The van der Waals surface area contributed by atoms with Gasteiger partial charge in [-0.05, 0) is 37.9 Å². The van der Waals surface area contributed by atoms with Crippen molar-refractivity contribution in [1.29, 1.82) is 0 Å². The van der Waals surface area contributed by atoms with Crippen LogP contribution >= 0.6 is 0 Å². The van der Waals surface area contributed by atoms with Crippen LogP contribution in [-0.2, 0) is 9.16 Å². The molecule has 16 heavy (non-hydrogen) atoms. The lowest BCUT2D eigenvalue weighted by atomic mass is 10.1. The molecule has 0 unspecified atom stereocenters. The molecule has 0 bridgehead atoms. The molecule has 0 aromatic carbocycles. The lowest BCUT2D eigenvalue weighted by Crippen LogP contribution is -2.49. The van der Waals surface area contributed by atoms with Gasteiger partial charge in [0.15, 0.2) is 8.32 Å². The fourth-order valence-corrected chi connectivity index (χ4v) is 3.74. The van der Waals surface area contributed by atoms with Crippen molar-refractivity contribution < 1.29 is 14.3 Å². The molecule has 2 rings (SSSR count). The van der Waals surface area contributed by atoms with Gasteiger partial charge in [-0.15, -0.1) is 0 Å². The minimum absolute atomic E-state index is 0.150.